The number of hydrogen-bond acceptors (Lipinski definition) is 4. The van der Waals surface area contributed by atoms with Crippen molar-refractivity contribution in [3.05, 3.63) is 23.8 Å². The van der Waals surface area contributed by atoms with E-state index in [1.54, 1.807) is 6.08 Å². The van der Waals surface area contributed by atoms with Gasteiger partial charge in [-0.1, -0.05) is 31.6 Å². The molecule has 3 N–H and O–H groups in total. The van der Waals surface area contributed by atoms with Crippen LogP contribution in [0, 0.1) is 34.5 Å². The van der Waals surface area contributed by atoms with Crippen LogP contribution in [0.5, 0.6) is 0 Å². The monoisotopic (exact) mass is 402 g/mol. The highest BCUT2D eigenvalue weighted by atomic mass is 16.4. The van der Waals surface area contributed by atoms with Crippen molar-refractivity contribution in [2.24, 2.45) is 34.5 Å². The van der Waals surface area contributed by atoms with Gasteiger partial charge in [0.1, 0.15) is 0 Å². The van der Waals surface area contributed by atoms with Crippen molar-refractivity contribution in [3.63, 3.8) is 0 Å². The summed E-state index contributed by atoms with van der Waals surface area (Å²) >= 11 is 0. The van der Waals surface area contributed by atoms with Crippen molar-refractivity contribution >= 4 is 17.7 Å². The fourth-order valence-corrected chi connectivity index (χ4v) is 7.01. The zero-order valence-electron chi connectivity index (χ0n) is 17.1. The average Bonchev–Trinajstić information content (AvgIpc) is 2.92. The van der Waals surface area contributed by atoms with E-state index in [1.807, 2.05) is 13.0 Å². The van der Waals surface area contributed by atoms with E-state index in [9.17, 15) is 24.6 Å². The highest BCUT2D eigenvalue weighted by Gasteiger charge is 2.64. The van der Waals surface area contributed by atoms with Crippen LogP contribution < -0.4 is 0 Å². The van der Waals surface area contributed by atoms with E-state index in [4.69, 9.17) is 5.11 Å². The van der Waals surface area contributed by atoms with Crippen molar-refractivity contribution in [1.82, 2.24) is 0 Å². The second-order valence-electron chi connectivity index (χ2n) is 10.0. The van der Waals surface area contributed by atoms with Crippen LogP contribution in [0.1, 0.15) is 58.8 Å². The zero-order chi connectivity index (χ0) is 21.2. The molecule has 4 rings (SSSR count). The van der Waals surface area contributed by atoms with E-state index >= 15 is 0 Å². The Morgan fingerprint density at radius 3 is 2.59 bits per heavy atom. The van der Waals surface area contributed by atoms with Gasteiger partial charge in [-0.25, -0.2) is 0 Å². The molecule has 0 aliphatic heterocycles. The smallest absolute Gasteiger partial charge is 0.307 e. The predicted octanol–water partition coefficient (Wildman–Crippen LogP) is 3.20. The van der Waals surface area contributed by atoms with Gasteiger partial charge in [0.25, 0.3) is 0 Å². The minimum absolute atomic E-state index is 0.0107. The minimum atomic E-state index is -1.14. The van der Waals surface area contributed by atoms with Gasteiger partial charge < -0.3 is 15.3 Å². The van der Waals surface area contributed by atoms with E-state index in [2.05, 4.69) is 13.0 Å². The summed E-state index contributed by atoms with van der Waals surface area (Å²) in [5.41, 5.74) is -1.06. The molecular weight excluding hydrogens is 372 g/mol. The lowest BCUT2D eigenvalue weighted by atomic mass is 9.46. The van der Waals surface area contributed by atoms with Gasteiger partial charge >= 0.3 is 11.9 Å². The highest BCUT2D eigenvalue weighted by Crippen LogP contribution is 2.67. The van der Waals surface area contributed by atoms with Gasteiger partial charge in [0.15, 0.2) is 5.78 Å². The quantitative estimate of drug-likeness (QED) is 0.623. The summed E-state index contributed by atoms with van der Waals surface area (Å²) in [6.45, 7) is 4.12. The number of carbonyl (C=O) groups excluding carboxylic acids is 1. The number of aliphatic hydroxyl groups is 1. The lowest BCUT2D eigenvalue weighted by Gasteiger charge is -2.58. The van der Waals surface area contributed by atoms with Gasteiger partial charge in [0, 0.05) is 18.3 Å². The van der Waals surface area contributed by atoms with E-state index in [0.717, 1.165) is 12.0 Å². The van der Waals surface area contributed by atoms with Crippen LogP contribution in [0.25, 0.3) is 0 Å². The molecule has 0 radical (unpaired) electrons. The maximum absolute atomic E-state index is 12.3. The van der Waals surface area contributed by atoms with Crippen LogP contribution in [0.2, 0.25) is 0 Å². The minimum Gasteiger partial charge on any atom is -0.481 e. The third kappa shape index (κ3) is 2.82. The van der Waals surface area contributed by atoms with Crippen LogP contribution in [0.3, 0.4) is 0 Å². The number of carbonyl (C=O) groups is 3. The molecule has 4 aliphatic carbocycles. The average molecular weight is 402 g/mol. The third-order valence-corrected chi connectivity index (χ3v) is 8.84. The number of carboxylic acids is 2. The van der Waals surface area contributed by atoms with Crippen molar-refractivity contribution in [2.75, 3.05) is 0 Å². The third-order valence-electron chi connectivity index (χ3n) is 8.84. The molecule has 0 bridgehead atoms. The molecule has 29 heavy (non-hydrogen) atoms. The Balaban J connectivity index is 1.78. The number of aliphatic carboxylic acids is 2. The largest absolute Gasteiger partial charge is 0.481 e. The lowest BCUT2D eigenvalue weighted by Crippen LogP contribution is -2.56. The molecule has 0 spiro atoms. The Hall–Kier alpha value is -1.95. The molecule has 0 amide bonds. The molecule has 2 saturated carbocycles. The Morgan fingerprint density at radius 2 is 1.93 bits per heavy atom. The molecule has 6 nitrogen and oxygen atoms in total. The number of rotatable bonds is 4. The van der Waals surface area contributed by atoms with Crippen molar-refractivity contribution in [3.8, 4) is 0 Å². The highest BCUT2D eigenvalue weighted by molar-refractivity contribution is 5.92. The van der Waals surface area contributed by atoms with Crippen molar-refractivity contribution in [1.29, 1.82) is 0 Å². The SMILES string of the molecule is C[C@]12CCC(=O)C=C1CC(C(=O)O)[C@@H]1[C@@H]2C=C[C@@]2(C)[C@H]1CC[C@]2(O)CCC(=O)O. The van der Waals surface area contributed by atoms with Gasteiger partial charge in [0.05, 0.1) is 11.5 Å². The van der Waals surface area contributed by atoms with Crippen molar-refractivity contribution < 1.29 is 29.7 Å². The summed E-state index contributed by atoms with van der Waals surface area (Å²) in [5, 5.41) is 30.6. The first-order chi connectivity index (χ1) is 13.5. The molecule has 6 heteroatoms. The molecule has 1 unspecified atom stereocenters. The Labute approximate surface area is 170 Å². The Kier molecular flexibility index (Phi) is 4.57. The van der Waals surface area contributed by atoms with Gasteiger partial charge in [-0.05, 0) is 61.3 Å². The Bertz CT molecular complexity index is 827. The van der Waals surface area contributed by atoms with Gasteiger partial charge in [-0.15, -0.1) is 0 Å². The first-order valence-corrected chi connectivity index (χ1v) is 10.6. The van der Waals surface area contributed by atoms with E-state index in [1.165, 1.54) is 0 Å². The van der Waals surface area contributed by atoms with Crippen LogP contribution in [0.15, 0.2) is 23.8 Å². The summed E-state index contributed by atoms with van der Waals surface area (Å²) in [7, 11) is 0. The zero-order valence-corrected chi connectivity index (χ0v) is 17.1. The Morgan fingerprint density at radius 1 is 1.21 bits per heavy atom. The molecule has 2 fully saturated rings. The number of fused-ring (bicyclic) bond motifs is 5. The fourth-order valence-electron chi connectivity index (χ4n) is 7.01. The predicted molar refractivity (Wildman–Crippen MR) is 105 cm³/mol. The van der Waals surface area contributed by atoms with E-state index in [-0.39, 0.29) is 41.8 Å². The van der Waals surface area contributed by atoms with Crippen molar-refractivity contribution in [2.45, 2.75) is 64.4 Å². The fraction of sp³-hybridized carbons (Fsp3) is 0.696. The maximum Gasteiger partial charge on any atom is 0.307 e. The molecule has 0 aromatic carbocycles. The standard InChI is InChI=1S/C23H30O6/c1-21-7-3-14(24)11-13(21)12-15(20(27)28)19-16(21)4-8-22(2)17(19)5-9-23(22,29)10-6-18(25)26/h4,8,11,15-17,19,29H,3,5-7,9-10,12H2,1-2H3,(H,25,26)(H,27,28)/t15?,16-,17-,19+,21-,22-,23-/m0/s1. The van der Waals surface area contributed by atoms with Crippen LogP contribution in [0.4, 0.5) is 0 Å². The second-order valence-corrected chi connectivity index (χ2v) is 10.0. The number of hydrogen-bond donors (Lipinski definition) is 3. The van der Waals surface area contributed by atoms with Crippen LogP contribution in [-0.4, -0.2) is 38.6 Å². The second kappa shape index (κ2) is 6.53. The summed E-state index contributed by atoms with van der Waals surface area (Å²) < 4.78 is 0. The molecule has 0 heterocycles. The summed E-state index contributed by atoms with van der Waals surface area (Å²) in [5.74, 6) is -2.44. The van der Waals surface area contributed by atoms with Crippen LogP contribution in [-0.2, 0) is 14.4 Å². The first kappa shape index (κ1) is 20.3. The topological polar surface area (TPSA) is 112 Å². The van der Waals surface area contributed by atoms with Crippen LogP contribution >= 0.6 is 0 Å². The van der Waals surface area contributed by atoms with Gasteiger partial charge in [0.2, 0.25) is 0 Å². The maximum atomic E-state index is 12.3. The molecule has 0 saturated heterocycles. The summed E-state index contributed by atoms with van der Waals surface area (Å²) in [6.07, 6.45) is 8.63. The molecular formula is C23H30O6. The van der Waals surface area contributed by atoms with E-state index < -0.39 is 28.9 Å². The number of ketones is 1. The normalized spacial score (nSPS) is 45.8. The van der Waals surface area contributed by atoms with Gasteiger partial charge in [-0.2, -0.15) is 0 Å². The van der Waals surface area contributed by atoms with E-state index in [0.29, 0.717) is 25.7 Å². The summed E-state index contributed by atoms with van der Waals surface area (Å²) in [6, 6.07) is 0. The lowest BCUT2D eigenvalue weighted by molar-refractivity contribution is -0.152. The molecule has 4 aliphatic rings. The molecule has 7 atom stereocenters. The molecule has 0 aromatic rings. The van der Waals surface area contributed by atoms with Gasteiger partial charge in [-0.3, -0.25) is 14.4 Å². The first-order valence-electron chi connectivity index (χ1n) is 10.6. The number of carboxylic acid groups (broad SMARTS) is 2. The number of allylic oxidation sites excluding steroid dienone is 3. The molecule has 158 valence electrons. The molecule has 0 aromatic heterocycles. The summed E-state index contributed by atoms with van der Waals surface area (Å²) in [4.78, 5) is 35.4.